The molecule has 0 aromatic heterocycles. The molecule has 1 aromatic carbocycles. The highest BCUT2D eigenvalue weighted by atomic mass is 32.2. The number of nitrogens with two attached hydrogens (primary N) is 2. The smallest absolute Gasteiger partial charge is 0.534 e. The molecular formula is C16H18BN5O7S. The first kappa shape index (κ1) is 21.5. The summed E-state index contributed by atoms with van der Waals surface area (Å²) in [4.78, 5) is 39.8. The predicted molar refractivity (Wildman–Crippen MR) is 107 cm³/mol. The molecule has 2 aliphatic rings. The minimum atomic E-state index is -1.50. The van der Waals surface area contributed by atoms with Crippen LogP contribution in [0.5, 0.6) is 5.75 Å². The summed E-state index contributed by atoms with van der Waals surface area (Å²) in [5, 5.41) is 30.1. The number of primary amides is 1. The number of nitrogens with zero attached hydrogens (tertiary/aromatic N) is 1. The Morgan fingerprint density at radius 1 is 1.43 bits per heavy atom. The number of aromatic carboxylic acids is 1. The number of thioether (sulfide) groups is 1. The third-order valence-corrected chi connectivity index (χ3v) is 4.91. The zero-order chi connectivity index (χ0) is 21.8. The molecule has 2 atom stereocenters. The number of hydrogen-bond acceptors (Lipinski definition) is 10. The number of para-hydroxylation sites is 1. The van der Waals surface area contributed by atoms with E-state index in [0.29, 0.717) is 5.56 Å². The van der Waals surface area contributed by atoms with Gasteiger partial charge in [0.05, 0.1) is 17.2 Å². The molecule has 0 radical (unpaired) electrons. The molecule has 3 rings (SSSR count). The molecule has 0 saturated heterocycles. The number of amides is 2. The molecule has 0 fully saturated rings. The summed E-state index contributed by atoms with van der Waals surface area (Å²) in [5.41, 5.74) is 10.7. The topological polar surface area (TPSA) is 199 Å². The van der Waals surface area contributed by atoms with Crippen molar-refractivity contribution >= 4 is 42.4 Å². The van der Waals surface area contributed by atoms with Gasteiger partial charge in [-0.05, 0) is 18.1 Å². The molecule has 2 heterocycles. The Balaban J connectivity index is 1.77. The van der Waals surface area contributed by atoms with Crippen LogP contribution in [-0.2, 0) is 20.8 Å². The molecule has 1 aromatic rings. The van der Waals surface area contributed by atoms with Crippen molar-refractivity contribution in [3.8, 4) is 5.75 Å². The standard InChI is InChI=1S/C16H18BN5O7S/c18-11(23)5-28-22-12(9-6-30-16(19)20-9)14(24)21-10-4-7-2-1-3-8(15(25)26)13(7)29-17(10)27/h1-3,6,10,16,20,27H,4-5,19H2,(H2,18,23)(H,21,24)(H,25,26)/b22-12-. The molecule has 158 valence electrons. The molecule has 2 aliphatic heterocycles. The van der Waals surface area contributed by atoms with Gasteiger partial charge in [0.1, 0.15) is 11.2 Å². The van der Waals surface area contributed by atoms with Crippen molar-refractivity contribution in [2.75, 3.05) is 6.61 Å². The molecule has 2 amide bonds. The molecule has 14 heteroatoms. The van der Waals surface area contributed by atoms with Gasteiger partial charge in [-0.1, -0.05) is 29.1 Å². The minimum Gasteiger partial charge on any atom is -0.534 e. The SMILES string of the molecule is NC(=O)CO/N=C(\C(=O)NC1Cc2cccc(C(=O)O)c2OB1O)C1=CSC(N)N1. The van der Waals surface area contributed by atoms with Crippen molar-refractivity contribution in [3.05, 3.63) is 40.4 Å². The van der Waals surface area contributed by atoms with E-state index >= 15 is 0 Å². The van der Waals surface area contributed by atoms with Crippen LogP contribution in [0.4, 0.5) is 0 Å². The summed E-state index contributed by atoms with van der Waals surface area (Å²) < 4.78 is 5.35. The number of hydrogen-bond donors (Lipinski definition) is 6. The lowest BCUT2D eigenvalue weighted by Crippen LogP contribution is -2.55. The first-order valence-electron chi connectivity index (χ1n) is 8.63. The number of carbonyl (C=O) groups excluding carboxylic acids is 2. The average molecular weight is 435 g/mol. The zero-order valence-electron chi connectivity index (χ0n) is 15.4. The van der Waals surface area contributed by atoms with E-state index in [1.54, 1.807) is 17.5 Å². The quantitative estimate of drug-likeness (QED) is 0.160. The molecule has 0 spiro atoms. The van der Waals surface area contributed by atoms with Gasteiger partial charge in [-0.25, -0.2) is 4.79 Å². The summed E-state index contributed by atoms with van der Waals surface area (Å²) in [6.45, 7) is -0.538. The highest BCUT2D eigenvalue weighted by Crippen LogP contribution is 2.30. The molecule has 0 bridgehead atoms. The van der Waals surface area contributed by atoms with Crippen molar-refractivity contribution in [2.45, 2.75) is 17.9 Å². The molecule has 0 saturated carbocycles. The highest BCUT2D eigenvalue weighted by Gasteiger charge is 2.39. The van der Waals surface area contributed by atoms with E-state index in [2.05, 4.69) is 15.8 Å². The molecular weight excluding hydrogens is 417 g/mol. The minimum absolute atomic E-state index is 0.0456. The van der Waals surface area contributed by atoms with Crippen LogP contribution in [-0.4, -0.2) is 58.8 Å². The van der Waals surface area contributed by atoms with Crippen molar-refractivity contribution in [1.29, 1.82) is 0 Å². The van der Waals surface area contributed by atoms with Crippen LogP contribution in [0.15, 0.2) is 34.5 Å². The number of nitrogens with one attached hydrogen (secondary N) is 2. The van der Waals surface area contributed by atoms with Gasteiger partial charge in [0, 0.05) is 5.41 Å². The summed E-state index contributed by atoms with van der Waals surface area (Å²) in [6.07, 6.45) is 0.111. The average Bonchev–Trinajstić information content (AvgIpc) is 3.10. The Hall–Kier alpha value is -3.23. The van der Waals surface area contributed by atoms with Crippen molar-refractivity contribution in [3.63, 3.8) is 0 Å². The number of benzene rings is 1. The lowest BCUT2D eigenvalue weighted by molar-refractivity contribution is -0.122. The number of carboxylic acid groups (broad SMARTS) is 1. The normalized spacial score (nSPS) is 20.4. The van der Waals surface area contributed by atoms with Crippen LogP contribution < -0.4 is 26.8 Å². The van der Waals surface area contributed by atoms with E-state index in [-0.39, 0.29) is 29.1 Å². The van der Waals surface area contributed by atoms with Crippen molar-refractivity contribution in [1.82, 2.24) is 10.6 Å². The van der Waals surface area contributed by atoms with Gasteiger partial charge >= 0.3 is 13.1 Å². The Morgan fingerprint density at radius 2 is 2.20 bits per heavy atom. The summed E-state index contributed by atoms with van der Waals surface area (Å²) >= 11 is 1.20. The van der Waals surface area contributed by atoms with E-state index in [1.165, 1.54) is 17.8 Å². The van der Waals surface area contributed by atoms with Crippen molar-refractivity contribution in [2.24, 2.45) is 16.6 Å². The Morgan fingerprint density at radius 3 is 2.83 bits per heavy atom. The lowest BCUT2D eigenvalue weighted by atomic mass is 9.72. The Kier molecular flexibility index (Phi) is 6.49. The molecule has 30 heavy (non-hydrogen) atoms. The van der Waals surface area contributed by atoms with E-state index in [4.69, 9.17) is 21.0 Å². The fourth-order valence-corrected chi connectivity index (χ4v) is 3.47. The number of carboxylic acids is 1. The van der Waals surface area contributed by atoms with Gasteiger partial charge in [-0.15, -0.1) is 0 Å². The van der Waals surface area contributed by atoms with Crippen molar-refractivity contribution < 1.29 is 34.0 Å². The summed E-state index contributed by atoms with van der Waals surface area (Å²) in [5.74, 6) is -3.57. The van der Waals surface area contributed by atoms with Gasteiger partial charge in [0.25, 0.3) is 11.8 Å². The number of rotatable bonds is 7. The molecule has 0 aliphatic carbocycles. The first-order valence-corrected chi connectivity index (χ1v) is 9.57. The lowest BCUT2D eigenvalue weighted by Gasteiger charge is -2.29. The second-order valence-corrected chi connectivity index (χ2v) is 7.32. The maximum atomic E-state index is 12.8. The Bertz CT molecular complexity index is 941. The number of fused-ring (bicyclic) bond motifs is 1. The Labute approximate surface area is 174 Å². The highest BCUT2D eigenvalue weighted by molar-refractivity contribution is 8.02. The molecule has 12 nitrogen and oxygen atoms in total. The first-order chi connectivity index (χ1) is 14.3. The van der Waals surface area contributed by atoms with Crippen LogP contribution in [0.25, 0.3) is 0 Å². The number of oxime groups is 1. The van der Waals surface area contributed by atoms with E-state index < -0.39 is 42.9 Å². The molecule has 8 N–H and O–H groups in total. The maximum absolute atomic E-state index is 12.8. The third-order valence-electron chi connectivity index (χ3n) is 4.13. The van der Waals surface area contributed by atoms with E-state index in [0.717, 1.165) is 0 Å². The van der Waals surface area contributed by atoms with Gasteiger partial charge in [0.2, 0.25) is 0 Å². The van der Waals surface area contributed by atoms with Gasteiger partial charge in [-0.3, -0.25) is 9.59 Å². The second kappa shape index (κ2) is 9.07. The van der Waals surface area contributed by atoms with Gasteiger partial charge < -0.3 is 41.7 Å². The van der Waals surface area contributed by atoms with Crippen LogP contribution in [0.2, 0.25) is 0 Å². The fraction of sp³-hybridized carbons (Fsp3) is 0.250. The number of carbonyl (C=O) groups is 3. The predicted octanol–water partition coefficient (Wildman–Crippen LogP) is -1.90. The molecule has 2 unspecified atom stereocenters. The monoisotopic (exact) mass is 435 g/mol. The van der Waals surface area contributed by atoms with Crippen LogP contribution in [0.3, 0.4) is 0 Å². The largest absolute Gasteiger partial charge is 0.547 e. The zero-order valence-corrected chi connectivity index (χ0v) is 16.2. The second-order valence-electron chi connectivity index (χ2n) is 6.30. The van der Waals surface area contributed by atoms with Crippen LogP contribution >= 0.6 is 11.8 Å². The summed E-state index contributed by atoms with van der Waals surface area (Å²) in [7, 11) is -1.50. The summed E-state index contributed by atoms with van der Waals surface area (Å²) in [6, 6.07) is 4.53. The van der Waals surface area contributed by atoms with Gasteiger partial charge in [0.15, 0.2) is 12.3 Å². The van der Waals surface area contributed by atoms with E-state index in [1.807, 2.05) is 0 Å². The van der Waals surface area contributed by atoms with E-state index in [9.17, 15) is 24.5 Å². The third kappa shape index (κ3) is 4.84. The fourth-order valence-electron chi connectivity index (χ4n) is 2.81. The van der Waals surface area contributed by atoms with Gasteiger partial charge in [-0.2, -0.15) is 0 Å². The van der Waals surface area contributed by atoms with Crippen LogP contribution in [0, 0.1) is 0 Å². The van der Waals surface area contributed by atoms with Crippen LogP contribution in [0.1, 0.15) is 15.9 Å². The maximum Gasteiger partial charge on any atom is 0.547 e.